The molecule has 0 fully saturated rings. The summed E-state index contributed by atoms with van der Waals surface area (Å²) in [5, 5.41) is 20.3. The van der Waals surface area contributed by atoms with Crippen molar-refractivity contribution in [2.75, 3.05) is 0 Å². The van der Waals surface area contributed by atoms with Gasteiger partial charge >= 0.3 is 0 Å². The van der Waals surface area contributed by atoms with E-state index < -0.39 is 7.49 Å². The minimum Gasteiger partial charge on any atom is -0.333 e. The van der Waals surface area contributed by atoms with E-state index in [1.165, 1.54) is 0 Å². The van der Waals surface area contributed by atoms with Crippen LogP contribution >= 0.6 is 7.49 Å². The lowest BCUT2D eigenvalue weighted by Gasteiger charge is -2.27. The van der Waals surface area contributed by atoms with Gasteiger partial charge in [0, 0.05) is 10.8 Å². The minimum atomic E-state index is -2.75. The molecule has 5 heteroatoms. The number of nitro benzene ring substituents is 1. The van der Waals surface area contributed by atoms with Gasteiger partial charge in [0.05, 0.1) is 15.7 Å². The van der Waals surface area contributed by atoms with Crippen molar-refractivity contribution in [3.63, 3.8) is 0 Å². The summed E-state index contributed by atoms with van der Waals surface area (Å²) in [5.74, 6) is 0.650. The van der Waals surface area contributed by atoms with Crippen molar-refractivity contribution >= 4 is 61.4 Å². The first kappa shape index (κ1) is 25.0. The Bertz CT molecular complexity index is 1950. The minimum absolute atomic E-state index is 0.0942. The second-order valence-corrected chi connectivity index (χ2v) is 12.9. The van der Waals surface area contributed by atoms with Crippen LogP contribution in [-0.2, 0) is 0 Å². The Morgan fingerprint density at radius 1 is 0.488 bits per heavy atom. The number of nitro groups is 1. The third-order valence-electron chi connectivity index (χ3n) is 7.58. The molecule has 0 unspecified atom stereocenters. The lowest BCUT2D eigenvalue weighted by molar-refractivity contribution is -0.381. The van der Waals surface area contributed by atoms with Crippen LogP contribution in [0.1, 0.15) is 0 Å². The Kier molecular flexibility index (Phi) is 6.19. The van der Waals surface area contributed by atoms with Crippen molar-refractivity contribution in [3.8, 4) is 5.75 Å². The highest BCUT2D eigenvalue weighted by molar-refractivity contribution is 7.92. The molecule has 0 saturated heterocycles. The molecule has 4 nitrogen and oxygen atoms in total. The van der Waals surface area contributed by atoms with Crippen molar-refractivity contribution in [2.24, 2.45) is 0 Å². The quantitative estimate of drug-likeness (QED) is 0.0905. The summed E-state index contributed by atoms with van der Waals surface area (Å²) in [5.41, 5.74) is 0.0942. The molecule has 0 heterocycles. The van der Waals surface area contributed by atoms with E-state index in [9.17, 15) is 10.1 Å². The van der Waals surface area contributed by atoms with Gasteiger partial charge in [-0.3, -0.25) is 10.1 Å². The Balaban J connectivity index is 1.65. The van der Waals surface area contributed by atoms with E-state index in [-0.39, 0.29) is 10.6 Å². The SMILES string of the molecule is O=[N+]([O-])c1c2ccccc2cc2c(O[P+](c3ccccc3)(c3ccccc3)c3ccccc3)c3ccccc3cc12. The van der Waals surface area contributed by atoms with Gasteiger partial charge in [0.25, 0.3) is 13.2 Å². The molecule has 0 aliphatic rings. The van der Waals surface area contributed by atoms with E-state index in [4.69, 9.17) is 4.52 Å². The van der Waals surface area contributed by atoms with Crippen molar-refractivity contribution in [2.45, 2.75) is 0 Å². The fourth-order valence-electron chi connectivity index (χ4n) is 5.76. The number of rotatable bonds is 6. The summed E-state index contributed by atoms with van der Waals surface area (Å²) >= 11 is 0. The zero-order valence-corrected chi connectivity index (χ0v) is 22.9. The van der Waals surface area contributed by atoms with E-state index in [1.807, 2.05) is 115 Å². The van der Waals surface area contributed by atoms with Crippen LogP contribution in [0.15, 0.2) is 152 Å². The van der Waals surface area contributed by atoms with Gasteiger partial charge in [0.15, 0.2) is 5.75 Å². The highest BCUT2D eigenvalue weighted by Crippen LogP contribution is 2.58. The molecule has 0 aromatic heterocycles. The molecule has 7 aromatic carbocycles. The zero-order valence-electron chi connectivity index (χ0n) is 22.1. The molecule has 0 N–H and O–H groups in total. The standard InChI is InChI=1S/C36H25NO3P/c38-37(39)35-31-22-12-10-14-26(31)25-34-33(35)24-27-15-11-13-23-32(27)36(34)40-41(28-16-4-1-5-17-28,29-18-6-2-7-19-29)30-20-8-3-9-21-30/h1-25H/q+1. The normalized spacial score (nSPS) is 11.6. The van der Waals surface area contributed by atoms with Gasteiger partial charge in [0.2, 0.25) is 0 Å². The predicted molar refractivity (Wildman–Crippen MR) is 171 cm³/mol. The Labute approximate surface area is 238 Å². The molecule has 196 valence electrons. The fraction of sp³-hybridized carbons (Fsp3) is 0. The largest absolute Gasteiger partial charge is 0.333 e. The molecule has 0 aliphatic carbocycles. The molecular formula is C36H25NO3P+. The molecule has 0 atom stereocenters. The molecule has 0 bridgehead atoms. The average molecular weight is 551 g/mol. The zero-order chi connectivity index (χ0) is 27.8. The molecular weight excluding hydrogens is 525 g/mol. The van der Waals surface area contributed by atoms with Crippen LogP contribution in [0, 0.1) is 10.1 Å². The van der Waals surface area contributed by atoms with Crippen LogP contribution in [0.25, 0.3) is 32.3 Å². The van der Waals surface area contributed by atoms with E-state index in [0.29, 0.717) is 16.5 Å². The summed E-state index contributed by atoms with van der Waals surface area (Å²) in [4.78, 5) is 12.3. The van der Waals surface area contributed by atoms with Crippen LogP contribution in [-0.4, -0.2) is 4.92 Å². The number of benzene rings is 7. The summed E-state index contributed by atoms with van der Waals surface area (Å²) in [7, 11) is -2.75. The Hall–Kier alpha value is -5.05. The summed E-state index contributed by atoms with van der Waals surface area (Å²) in [6, 6.07) is 50.5. The number of hydrogen-bond acceptors (Lipinski definition) is 3. The van der Waals surface area contributed by atoms with E-state index >= 15 is 0 Å². The molecule has 41 heavy (non-hydrogen) atoms. The highest BCUT2D eigenvalue weighted by atomic mass is 31.2. The van der Waals surface area contributed by atoms with Crippen LogP contribution in [0.4, 0.5) is 5.69 Å². The lowest BCUT2D eigenvalue weighted by Crippen LogP contribution is -2.34. The molecule has 0 saturated carbocycles. The highest BCUT2D eigenvalue weighted by Gasteiger charge is 2.50. The summed E-state index contributed by atoms with van der Waals surface area (Å²) < 4.78 is 7.56. The monoisotopic (exact) mass is 550 g/mol. The molecule has 0 spiro atoms. The second kappa shape index (κ2) is 10.2. The number of hydrogen-bond donors (Lipinski definition) is 0. The number of non-ortho nitro benzene ring substituents is 1. The smallest absolute Gasteiger partial charge is 0.287 e. The summed E-state index contributed by atoms with van der Waals surface area (Å²) in [6.07, 6.45) is 0. The first-order valence-corrected chi connectivity index (χ1v) is 15.1. The van der Waals surface area contributed by atoms with Gasteiger partial charge in [-0.05, 0) is 65.4 Å². The Morgan fingerprint density at radius 2 is 0.902 bits per heavy atom. The lowest BCUT2D eigenvalue weighted by atomic mass is 9.97. The summed E-state index contributed by atoms with van der Waals surface area (Å²) in [6.45, 7) is 0. The van der Waals surface area contributed by atoms with Crippen molar-refractivity contribution < 1.29 is 9.45 Å². The van der Waals surface area contributed by atoms with Gasteiger partial charge in [0.1, 0.15) is 15.9 Å². The van der Waals surface area contributed by atoms with E-state index in [1.54, 1.807) is 0 Å². The van der Waals surface area contributed by atoms with Crippen molar-refractivity contribution in [1.29, 1.82) is 0 Å². The van der Waals surface area contributed by atoms with Gasteiger partial charge in [-0.25, -0.2) is 0 Å². The van der Waals surface area contributed by atoms with E-state index in [0.717, 1.165) is 37.5 Å². The maximum Gasteiger partial charge on any atom is 0.287 e. The average Bonchev–Trinajstić information content (AvgIpc) is 3.03. The maximum absolute atomic E-state index is 12.6. The first-order valence-electron chi connectivity index (χ1n) is 13.4. The van der Waals surface area contributed by atoms with E-state index in [2.05, 4.69) is 36.4 Å². The van der Waals surface area contributed by atoms with Crippen LogP contribution in [0.2, 0.25) is 0 Å². The van der Waals surface area contributed by atoms with Gasteiger partial charge in [-0.15, -0.1) is 0 Å². The topological polar surface area (TPSA) is 52.4 Å². The van der Waals surface area contributed by atoms with Crippen molar-refractivity contribution in [1.82, 2.24) is 0 Å². The fourth-order valence-corrected chi connectivity index (χ4v) is 9.22. The van der Waals surface area contributed by atoms with Gasteiger partial charge in [-0.1, -0.05) is 97.1 Å². The molecule has 0 amide bonds. The number of nitrogens with zero attached hydrogens (tertiary/aromatic N) is 1. The van der Waals surface area contributed by atoms with Gasteiger partial charge in [-0.2, -0.15) is 0 Å². The molecule has 0 radical (unpaired) electrons. The van der Waals surface area contributed by atoms with Crippen LogP contribution in [0.3, 0.4) is 0 Å². The molecule has 0 aliphatic heterocycles. The van der Waals surface area contributed by atoms with Gasteiger partial charge < -0.3 is 4.52 Å². The molecule has 7 aromatic rings. The third kappa shape index (κ3) is 4.12. The van der Waals surface area contributed by atoms with Crippen molar-refractivity contribution in [3.05, 3.63) is 162 Å². The first-order chi connectivity index (χ1) is 20.2. The Morgan fingerprint density at radius 3 is 1.41 bits per heavy atom. The number of fused-ring (bicyclic) bond motifs is 3. The third-order valence-corrected chi connectivity index (χ3v) is 11.1. The predicted octanol–water partition coefficient (Wildman–Crippen LogP) is 8.34. The maximum atomic E-state index is 12.6. The second-order valence-electron chi connectivity index (χ2n) is 9.93. The molecule has 7 rings (SSSR count). The van der Waals surface area contributed by atoms with Crippen LogP contribution in [0.5, 0.6) is 5.75 Å². The van der Waals surface area contributed by atoms with Crippen LogP contribution < -0.4 is 20.4 Å².